The Kier molecular flexibility index (Phi) is 5.36. The zero-order valence-electron chi connectivity index (χ0n) is 13.5. The second-order valence-electron chi connectivity index (χ2n) is 5.03. The van der Waals surface area contributed by atoms with Crippen LogP contribution in [0.3, 0.4) is 0 Å². The number of carbonyl (C=O) groups excluding carboxylic acids is 1. The monoisotopic (exact) mass is 369 g/mol. The molecule has 2 aromatic rings. The number of hydrogen-bond acceptors (Lipinski definition) is 8. The lowest BCUT2D eigenvalue weighted by Gasteiger charge is -2.09. The standard InChI is InChI=1S/C12H15N7O5S/c1-5(20)13-6(10(22)23)4-25-17-16-11-14-7-8(15-11)18(2)12(24)19(3)9(7)21/h6H,4H2,1-3H3,(H,13,20)(H,14,15)(H,22,23)/t6-/m0/s1. The Morgan fingerprint density at radius 2 is 2.04 bits per heavy atom. The van der Waals surface area contributed by atoms with Crippen LogP contribution in [0, 0.1) is 0 Å². The largest absolute Gasteiger partial charge is 0.480 e. The van der Waals surface area contributed by atoms with Gasteiger partial charge in [-0.3, -0.25) is 18.7 Å². The smallest absolute Gasteiger partial charge is 0.332 e. The number of rotatable bonds is 6. The van der Waals surface area contributed by atoms with Crippen LogP contribution in [0.4, 0.5) is 5.95 Å². The number of aromatic nitrogens is 4. The third-order valence-corrected chi connectivity index (χ3v) is 3.87. The predicted octanol–water partition coefficient (Wildman–Crippen LogP) is -0.718. The molecule has 0 aliphatic carbocycles. The molecule has 1 atom stereocenters. The number of amides is 1. The van der Waals surface area contributed by atoms with E-state index >= 15 is 0 Å². The van der Waals surface area contributed by atoms with Crippen LogP contribution in [0.2, 0.25) is 0 Å². The van der Waals surface area contributed by atoms with Crippen LogP contribution in [0.1, 0.15) is 6.92 Å². The minimum Gasteiger partial charge on any atom is -0.480 e. The van der Waals surface area contributed by atoms with Crippen molar-refractivity contribution in [3.63, 3.8) is 0 Å². The van der Waals surface area contributed by atoms with Crippen molar-refractivity contribution in [2.24, 2.45) is 23.7 Å². The van der Waals surface area contributed by atoms with Crippen molar-refractivity contribution in [1.29, 1.82) is 0 Å². The third kappa shape index (κ3) is 3.93. The molecule has 0 radical (unpaired) electrons. The lowest BCUT2D eigenvalue weighted by Crippen LogP contribution is -2.41. The maximum Gasteiger partial charge on any atom is 0.332 e. The maximum atomic E-state index is 12.0. The van der Waals surface area contributed by atoms with Crippen LogP contribution in [0.25, 0.3) is 11.2 Å². The van der Waals surface area contributed by atoms with E-state index in [1.807, 2.05) is 0 Å². The van der Waals surface area contributed by atoms with E-state index in [0.717, 1.165) is 16.5 Å². The number of fused-ring (bicyclic) bond motifs is 1. The average molecular weight is 369 g/mol. The van der Waals surface area contributed by atoms with Crippen LogP contribution in [-0.2, 0) is 23.7 Å². The van der Waals surface area contributed by atoms with Gasteiger partial charge in [-0.25, -0.2) is 9.59 Å². The molecule has 3 N–H and O–H groups in total. The minimum atomic E-state index is -1.19. The fourth-order valence-corrected chi connectivity index (χ4v) is 2.53. The van der Waals surface area contributed by atoms with E-state index < -0.39 is 29.2 Å². The summed E-state index contributed by atoms with van der Waals surface area (Å²) in [6.07, 6.45) is 0. The molecule has 25 heavy (non-hydrogen) atoms. The summed E-state index contributed by atoms with van der Waals surface area (Å²) >= 11 is 0.802. The molecular weight excluding hydrogens is 354 g/mol. The van der Waals surface area contributed by atoms with Crippen LogP contribution in [0.15, 0.2) is 19.2 Å². The summed E-state index contributed by atoms with van der Waals surface area (Å²) in [5.74, 6) is -1.72. The quantitative estimate of drug-likeness (QED) is 0.446. The van der Waals surface area contributed by atoms with Gasteiger partial charge in [-0.05, 0) is 0 Å². The lowest BCUT2D eigenvalue weighted by molar-refractivity contribution is -0.140. The Morgan fingerprint density at radius 1 is 1.36 bits per heavy atom. The molecule has 0 bridgehead atoms. The van der Waals surface area contributed by atoms with Gasteiger partial charge in [-0.1, -0.05) is 0 Å². The summed E-state index contributed by atoms with van der Waals surface area (Å²) in [6.45, 7) is 1.21. The fourth-order valence-electron chi connectivity index (χ4n) is 1.96. The summed E-state index contributed by atoms with van der Waals surface area (Å²) < 4.78 is 5.83. The number of aliphatic carboxylic acids is 1. The number of H-pyrrole nitrogens is 1. The van der Waals surface area contributed by atoms with Gasteiger partial charge < -0.3 is 15.4 Å². The Balaban J connectivity index is 2.17. The number of nitrogens with one attached hydrogen (secondary N) is 2. The van der Waals surface area contributed by atoms with Crippen molar-refractivity contribution in [3.8, 4) is 0 Å². The zero-order valence-corrected chi connectivity index (χ0v) is 14.3. The first-order valence-corrected chi connectivity index (χ1v) is 7.85. The van der Waals surface area contributed by atoms with E-state index in [2.05, 4.69) is 24.9 Å². The molecule has 0 aliphatic rings. The minimum absolute atomic E-state index is 0.00722. The molecule has 1 amide bonds. The summed E-state index contributed by atoms with van der Waals surface area (Å²) in [7, 11) is 2.81. The van der Waals surface area contributed by atoms with Gasteiger partial charge in [0.15, 0.2) is 11.2 Å². The van der Waals surface area contributed by atoms with Gasteiger partial charge >= 0.3 is 11.7 Å². The number of carboxylic acids is 1. The van der Waals surface area contributed by atoms with Gasteiger partial charge in [0.25, 0.3) is 5.56 Å². The molecule has 2 rings (SSSR count). The molecule has 0 aromatic carbocycles. The molecule has 0 unspecified atom stereocenters. The second-order valence-corrected chi connectivity index (χ2v) is 5.79. The van der Waals surface area contributed by atoms with Gasteiger partial charge in [-0.15, -0.1) is 9.63 Å². The number of nitrogens with zero attached hydrogens (tertiary/aromatic N) is 5. The molecule has 0 fully saturated rings. The van der Waals surface area contributed by atoms with E-state index in [-0.39, 0.29) is 22.9 Å². The average Bonchev–Trinajstić information content (AvgIpc) is 2.97. The highest BCUT2D eigenvalue weighted by molar-refractivity contribution is 7.97. The summed E-state index contributed by atoms with van der Waals surface area (Å²) in [5.41, 5.74) is -0.836. The van der Waals surface area contributed by atoms with Crippen molar-refractivity contribution >= 4 is 40.9 Å². The third-order valence-electron chi connectivity index (χ3n) is 3.19. The highest BCUT2D eigenvalue weighted by Gasteiger charge is 2.18. The van der Waals surface area contributed by atoms with E-state index in [9.17, 15) is 19.2 Å². The molecule has 2 heterocycles. The molecule has 12 nitrogen and oxygen atoms in total. The van der Waals surface area contributed by atoms with E-state index in [1.165, 1.54) is 25.6 Å². The summed E-state index contributed by atoms with van der Waals surface area (Å²) in [5, 5.41) is 15.0. The Bertz CT molecular complexity index is 973. The SMILES string of the molecule is CC(=O)N[C@@H](CSN=Nc1nc2c([nH]1)c(=O)n(C)c(=O)n2C)C(=O)O. The van der Waals surface area contributed by atoms with Crippen molar-refractivity contribution < 1.29 is 14.7 Å². The molecule has 0 spiro atoms. The van der Waals surface area contributed by atoms with Gasteiger partial charge in [0.05, 0.1) is 0 Å². The summed E-state index contributed by atoms with van der Waals surface area (Å²) in [6, 6.07) is -1.11. The molecule has 0 aliphatic heterocycles. The number of aromatic amines is 1. The van der Waals surface area contributed by atoms with Crippen LogP contribution < -0.4 is 16.6 Å². The Morgan fingerprint density at radius 3 is 2.64 bits per heavy atom. The van der Waals surface area contributed by atoms with Gasteiger partial charge in [0, 0.05) is 38.7 Å². The number of imidazole rings is 1. The fraction of sp³-hybridized carbons (Fsp3) is 0.417. The topological polar surface area (TPSA) is 164 Å². The normalized spacial score (nSPS) is 12.6. The second kappa shape index (κ2) is 7.29. The van der Waals surface area contributed by atoms with Crippen LogP contribution >= 0.6 is 11.9 Å². The first-order chi connectivity index (χ1) is 11.7. The predicted molar refractivity (Wildman–Crippen MR) is 88.8 cm³/mol. The first-order valence-electron chi connectivity index (χ1n) is 6.91. The highest BCUT2D eigenvalue weighted by atomic mass is 32.2. The van der Waals surface area contributed by atoms with Crippen molar-refractivity contribution in [2.45, 2.75) is 13.0 Å². The van der Waals surface area contributed by atoms with E-state index in [4.69, 9.17) is 5.11 Å². The number of carbonyl (C=O) groups is 2. The van der Waals surface area contributed by atoms with Crippen molar-refractivity contribution in [1.82, 2.24) is 24.4 Å². The summed E-state index contributed by atoms with van der Waals surface area (Å²) in [4.78, 5) is 52.4. The highest BCUT2D eigenvalue weighted by Crippen LogP contribution is 2.15. The Labute approximate surface area is 144 Å². The maximum absolute atomic E-state index is 12.0. The van der Waals surface area contributed by atoms with Crippen molar-refractivity contribution in [2.75, 3.05) is 5.75 Å². The number of hydrogen-bond donors (Lipinski definition) is 3. The molecule has 134 valence electrons. The van der Waals surface area contributed by atoms with Gasteiger partial charge in [0.1, 0.15) is 6.04 Å². The number of carboxylic acid groups (broad SMARTS) is 1. The zero-order chi connectivity index (χ0) is 18.7. The van der Waals surface area contributed by atoms with Crippen LogP contribution in [-0.4, -0.2) is 47.9 Å². The van der Waals surface area contributed by atoms with Gasteiger partial charge in [0.2, 0.25) is 11.9 Å². The molecule has 13 heteroatoms. The van der Waals surface area contributed by atoms with E-state index in [1.54, 1.807) is 0 Å². The number of aryl methyl sites for hydroxylation is 1. The van der Waals surface area contributed by atoms with E-state index in [0.29, 0.717) is 0 Å². The van der Waals surface area contributed by atoms with Crippen molar-refractivity contribution in [3.05, 3.63) is 20.8 Å². The molecule has 0 saturated heterocycles. The first kappa shape index (κ1) is 18.4. The molecule has 2 aromatic heterocycles. The Hall–Kier alpha value is -2.96. The molecule has 0 saturated carbocycles. The van der Waals surface area contributed by atoms with Gasteiger partial charge in [-0.2, -0.15) is 4.98 Å². The van der Waals surface area contributed by atoms with Crippen LogP contribution in [0.5, 0.6) is 0 Å². The molecular formula is C12H15N7O5S. The lowest BCUT2D eigenvalue weighted by atomic mass is 10.3.